The summed E-state index contributed by atoms with van der Waals surface area (Å²) < 4.78 is 5.06. The Labute approximate surface area is 120 Å². The summed E-state index contributed by atoms with van der Waals surface area (Å²) in [5.41, 5.74) is 0.665. The molecule has 0 saturated heterocycles. The Morgan fingerprint density at radius 2 is 1.81 bits per heavy atom. The summed E-state index contributed by atoms with van der Waals surface area (Å²) in [4.78, 5) is 30.6. The Bertz CT molecular complexity index is 867. The molecule has 0 aliphatic rings. The first-order chi connectivity index (χ1) is 10.2. The van der Waals surface area contributed by atoms with Gasteiger partial charge in [0.25, 0.3) is 0 Å². The maximum absolute atomic E-state index is 12.6. The second-order valence-electron chi connectivity index (χ2n) is 4.49. The first-order valence-electron chi connectivity index (χ1n) is 6.37. The van der Waals surface area contributed by atoms with Crippen molar-refractivity contribution >= 4 is 16.7 Å². The summed E-state index contributed by atoms with van der Waals surface area (Å²) in [7, 11) is 1.56. The second-order valence-corrected chi connectivity index (χ2v) is 4.49. The van der Waals surface area contributed by atoms with E-state index in [0.29, 0.717) is 22.2 Å². The molecule has 0 aliphatic heterocycles. The zero-order valence-corrected chi connectivity index (χ0v) is 11.3. The highest BCUT2D eigenvalue weighted by Crippen LogP contribution is 2.18. The van der Waals surface area contributed by atoms with Crippen molar-refractivity contribution in [1.29, 1.82) is 0 Å². The summed E-state index contributed by atoms with van der Waals surface area (Å²) >= 11 is 0. The Morgan fingerprint density at radius 1 is 1.10 bits per heavy atom. The van der Waals surface area contributed by atoms with Gasteiger partial charge in [-0.3, -0.25) is 4.79 Å². The number of carbonyl (C=O) groups excluding carboxylic acids is 1. The minimum atomic E-state index is -0.537. The van der Waals surface area contributed by atoms with Crippen LogP contribution in [-0.2, 0) is 0 Å². The van der Waals surface area contributed by atoms with E-state index in [2.05, 4.69) is 9.97 Å². The summed E-state index contributed by atoms with van der Waals surface area (Å²) in [6.07, 6.45) is 0. The average Bonchev–Trinajstić information content (AvgIpc) is 2.53. The smallest absolute Gasteiger partial charge is 0.346 e. The molecule has 0 fully saturated rings. The van der Waals surface area contributed by atoms with Crippen molar-refractivity contribution in [2.45, 2.75) is 0 Å². The fourth-order valence-corrected chi connectivity index (χ4v) is 2.16. The van der Waals surface area contributed by atoms with E-state index in [1.807, 2.05) is 0 Å². The van der Waals surface area contributed by atoms with Crippen LogP contribution in [-0.4, -0.2) is 22.9 Å². The zero-order chi connectivity index (χ0) is 14.8. The number of hydrogen-bond donors (Lipinski definition) is 1. The van der Waals surface area contributed by atoms with Gasteiger partial charge in [-0.1, -0.05) is 18.2 Å². The monoisotopic (exact) mass is 280 g/mol. The Hall–Kier alpha value is -2.95. The highest BCUT2D eigenvalue weighted by atomic mass is 16.5. The molecule has 0 radical (unpaired) electrons. The van der Waals surface area contributed by atoms with E-state index in [1.165, 1.54) is 0 Å². The van der Waals surface area contributed by atoms with Gasteiger partial charge < -0.3 is 9.72 Å². The maximum atomic E-state index is 12.6. The lowest BCUT2D eigenvalue weighted by atomic mass is 10.0. The molecule has 1 heterocycles. The molecule has 0 saturated carbocycles. The number of benzene rings is 2. The first kappa shape index (κ1) is 13.1. The number of methoxy groups -OCH3 is 1. The molecule has 104 valence electrons. The van der Waals surface area contributed by atoms with Crippen LogP contribution < -0.4 is 10.4 Å². The molecule has 0 atom stereocenters. The van der Waals surface area contributed by atoms with Gasteiger partial charge >= 0.3 is 5.69 Å². The number of aromatic nitrogens is 2. The molecule has 3 aromatic rings. The minimum Gasteiger partial charge on any atom is -0.497 e. The maximum Gasteiger partial charge on any atom is 0.346 e. The van der Waals surface area contributed by atoms with Crippen molar-refractivity contribution in [2.75, 3.05) is 7.11 Å². The number of para-hydroxylation sites is 1. The second kappa shape index (κ2) is 5.20. The van der Waals surface area contributed by atoms with Crippen molar-refractivity contribution in [3.05, 3.63) is 70.3 Å². The number of ether oxygens (including phenoxy) is 1. The summed E-state index contributed by atoms with van der Waals surface area (Å²) in [6.45, 7) is 0. The van der Waals surface area contributed by atoms with Crippen molar-refractivity contribution in [3.63, 3.8) is 0 Å². The van der Waals surface area contributed by atoms with Crippen molar-refractivity contribution in [1.82, 2.24) is 9.97 Å². The number of aromatic amines is 1. The molecule has 5 heteroatoms. The number of nitrogens with zero attached hydrogens (tertiary/aromatic N) is 1. The van der Waals surface area contributed by atoms with Crippen LogP contribution in [0.3, 0.4) is 0 Å². The molecule has 1 N–H and O–H groups in total. The molecular formula is C16H12N2O3. The number of H-pyrrole nitrogens is 1. The van der Waals surface area contributed by atoms with Crippen LogP contribution in [0.4, 0.5) is 0 Å². The summed E-state index contributed by atoms with van der Waals surface area (Å²) in [5.74, 6) is 0.371. The van der Waals surface area contributed by atoms with E-state index in [9.17, 15) is 9.59 Å². The molecular weight excluding hydrogens is 268 g/mol. The highest BCUT2D eigenvalue weighted by molar-refractivity contribution is 6.14. The van der Waals surface area contributed by atoms with Gasteiger partial charge in [0.1, 0.15) is 11.4 Å². The standard InChI is InChI=1S/C16H12N2O3/c1-21-11-8-6-10(7-9-11)15(19)14-12-4-2-3-5-13(12)17-16(20)18-14/h2-9H,1H3,(H,17,18,20). The van der Waals surface area contributed by atoms with Crippen LogP contribution in [0.5, 0.6) is 5.75 Å². The van der Waals surface area contributed by atoms with Gasteiger partial charge in [-0.05, 0) is 30.3 Å². The number of carbonyl (C=O) groups is 1. The van der Waals surface area contributed by atoms with Crippen molar-refractivity contribution < 1.29 is 9.53 Å². The van der Waals surface area contributed by atoms with Crippen LogP contribution in [0, 0.1) is 0 Å². The Morgan fingerprint density at radius 3 is 2.52 bits per heavy atom. The van der Waals surface area contributed by atoms with E-state index < -0.39 is 5.69 Å². The van der Waals surface area contributed by atoms with Gasteiger partial charge in [0.2, 0.25) is 5.78 Å². The lowest BCUT2D eigenvalue weighted by Crippen LogP contribution is -2.17. The van der Waals surface area contributed by atoms with E-state index in [1.54, 1.807) is 55.6 Å². The Kier molecular flexibility index (Phi) is 3.23. The topological polar surface area (TPSA) is 72.0 Å². The number of nitrogens with one attached hydrogen (secondary N) is 1. The fourth-order valence-electron chi connectivity index (χ4n) is 2.16. The summed E-state index contributed by atoms with van der Waals surface area (Å²) in [5, 5.41) is 0.623. The molecule has 3 rings (SSSR count). The SMILES string of the molecule is COc1ccc(C(=O)c2nc(=O)[nH]c3ccccc23)cc1. The third-order valence-corrected chi connectivity index (χ3v) is 3.20. The molecule has 0 bridgehead atoms. The van der Waals surface area contributed by atoms with E-state index in [4.69, 9.17) is 4.74 Å². The van der Waals surface area contributed by atoms with Gasteiger partial charge in [0.15, 0.2) is 0 Å². The molecule has 2 aromatic carbocycles. The summed E-state index contributed by atoms with van der Waals surface area (Å²) in [6, 6.07) is 13.8. The average molecular weight is 280 g/mol. The Balaban J connectivity index is 2.14. The fraction of sp³-hybridized carbons (Fsp3) is 0.0625. The van der Waals surface area contributed by atoms with Gasteiger partial charge in [0.05, 0.1) is 12.6 Å². The molecule has 0 unspecified atom stereocenters. The number of fused-ring (bicyclic) bond motifs is 1. The van der Waals surface area contributed by atoms with Crippen LogP contribution in [0.1, 0.15) is 16.1 Å². The predicted molar refractivity (Wildman–Crippen MR) is 78.8 cm³/mol. The molecule has 1 aromatic heterocycles. The third kappa shape index (κ3) is 2.41. The van der Waals surface area contributed by atoms with Gasteiger partial charge in [-0.25, -0.2) is 4.79 Å². The van der Waals surface area contributed by atoms with Crippen LogP contribution in [0.2, 0.25) is 0 Å². The molecule has 21 heavy (non-hydrogen) atoms. The molecule has 0 amide bonds. The number of hydrogen-bond acceptors (Lipinski definition) is 4. The van der Waals surface area contributed by atoms with Crippen LogP contribution >= 0.6 is 0 Å². The lowest BCUT2D eigenvalue weighted by molar-refractivity contribution is 0.103. The van der Waals surface area contributed by atoms with E-state index in [0.717, 1.165) is 0 Å². The van der Waals surface area contributed by atoms with Gasteiger partial charge in [-0.2, -0.15) is 4.98 Å². The highest BCUT2D eigenvalue weighted by Gasteiger charge is 2.15. The lowest BCUT2D eigenvalue weighted by Gasteiger charge is -2.05. The molecule has 0 spiro atoms. The zero-order valence-electron chi connectivity index (χ0n) is 11.3. The van der Waals surface area contributed by atoms with Crippen molar-refractivity contribution in [3.8, 4) is 5.75 Å². The quantitative estimate of drug-likeness (QED) is 0.746. The first-order valence-corrected chi connectivity index (χ1v) is 6.37. The number of rotatable bonds is 3. The largest absolute Gasteiger partial charge is 0.497 e. The molecule has 5 nitrogen and oxygen atoms in total. The number of ketones is 1. The van der Waals surface area contributed by atoms with Crippen molar-refractivity contribution in [2.24, 2.45) is 0 Å². The third-order valence-electron chi connectivity index (χ3n) is 3.20. The minimum absolute atomic E-state index is 0.152. The van der Waals surface area contributed by atoms with Gasteiger partial charge in [0, 0.05) is 10.9 Å². The molecule has 0 aliphatic carbocycles. The van der Waals surface area contributed by atoms with E-state index in [-0.39, 0.29) is 11.5 Å². The van der Waals surface area contributed by atoms with Gasteiger partial charge in [-0.15, -0.1) is 0 Å². The van der Waals surface area contributed by atoms with Crippen LogP contribution in [0.25, 0.3) is 10.9 Å². The normalized spacial score (nSPS) is 10.5. The van der Waals surface area contributed by atoms with E-state index >= 15 is 0 Å². The van der Waals surface area contributed by atoms with Crippen LogP contribution in [0.15, 0.2) is 53.3 Å². The predicted octanol–water partition coefficient (Wildman–Crippen LogP) is 2.16.